The van der Waals surface area contributed by atoms with E-state index < -0.39 is 0 Å². The second-order valence-electron chi connectivity index (χ2n) is 3.94. The Balaban J connectivity index is 2.13. The molecule has 0 spiro atoms. The number of carbonyl (C=O) groups excluding carboxylic acids is 1. The maximum atomic E-state index is 11.6. The molecule has 2 aliphatic rings. The van der Waals surface area contributed by atoms with Crippen LogP contribution in [-0.2, 0) is 0 Å². The van der Waals surface area contributed by atoms with Crippen LogP contribution in [0.3, 0.4) is 0 Å². The molecule has 1 aromatic carbocycles. The topological polar surface area (TPSA) is 29.1 Å². The van der Waals surface area contributed by atoms with E-state index in [0.29, 0.717) is 5.92 Å². The molecule has 1 fully saturated rings. The molecule has 3 rings (SSSR count). The molecule has 14 heavy (non-hydrogen) atoms. The summed E-state index contributed by atoms with van der Waals surface area (Å²) in [5, 5.41) is 3.16. The normalized spacial score (nSPS) is 33.8. The van der Waals surface area contributed by atoms with Gasteiger partial charge in [-0.05, 0) is 18.1 Å². The summed E-state index contributed by atoms with van der Waals surface area (Å²) < 4.78 is 0. The van der Waals surface area contributed by atoms with Gasteiger partial charge >= 0.3 is 0 Å². The zero-order valence-electron chi connectivity index (χ0n) is 7.53. The highest BCUT2D eigenvalue weighted by atomic mass is 35.5. The Morgan fingerprint density at radius 2 is 2.14 bits per heavy atom. The van der Waals surface area contributed by atoms with Crippen LogP contribution in [0.2, 0.25) is 0 Å². The van der Waals surface area contributed by atoms with Crippen molar-refractivity contribution in [1.82, 2.24) is 5.32 Å². The van der Waals surface area contributed by atoms with E-state index in [9.17, 15) is 4.79 Å². The van der Waals surface area contributed by atoms with E-state index in [2.05, 4.69) is 5.32 Å². The van der Waals surface area contributed by atoms with Crippen LogP contribution in [0, 0.1) is 0 Å². The van der Waals surface area contributed by atoms with Crippen molar-refractivity contribution in [2.75, 3.05) is 0 Å². The first-order chi connectivity index (χ1) is 6.77. The number of fused-ring (bicyclic) bond motifs is 3. The summed E-state index contributed by atoms with van der Waals surface area (Å²) in [4.78, 5) is 11.6. The van der Waals surface area contributed by atoms with Crippen LogP contribution in [-0.4, -0.2) is 17.3 Å². The smallest absolute Gasteiger partial charge is 0.251 e. The molecular weight excluding hydrogens is 198 g/mol. The first-order valence-corrected chi connectivity index (χ1v) is 5.25. The number of carbonyl (C=O) groups is 1. The zero-order valence-corrected chi connectivity index (χ0v) is 8.29. The molecule has 3 heteroatoms. The molecule has 3 atom stereocenters. The molecular formula is C11H10ClNO. The SMILES string of the molecule is O=C1N[C@H]2C[C@@H](Cl)[C@H]2c2ccccc21. The van der Waals surface area contributed by atoms with Gasteiger partial charge in [0.15, 0.2) is 0 Å². The fourth-order valence-electron chi connectivity index (χ4n) is 2.39. The zero-order chi connectivity index (χ0) is 9.71. The summed E-state index contributed by atoms with van der Waals surface area (Å²) in [5.41, 5.74) is 1.91. The standard InChI is InChI=1S/C11H10ClNO/c12-8-5-9-10(8)6-3-1-2-4-7(6)11(14)13-9/h1-4,8-10H,5H2,(H,13,14)/t8-,9+,10-/m1/s1. The Kier molecular flexibility index (Phi) is 1.62. The third-order valence-electron chi connectivity index (χ3n) is 3.18. The van der Waals surface area contributed by atoms with E-state index >= 15 is 0 Å². The average molecular weight is 208 g/mol. The lowest BCUT2D eigenvalue weighted by atomic mass is 9.70. The number of hydrogen-bond donors (Lipinski definition) is 1. The minimum absolute atomic E-state index is 0.0467. The first-order valence-electron chi connectivity index (χ1n) is 4.81. The van der Waals surface area contributed by atoms with Crippen LogP contribution in [0.5, 0.6) is 0 Å². The molecule has 1 saturated carbocycles. The Labute approximate surface area is 87.3 Å². The van der Waals surface area contributed by atoms with Crippen LogP contribution in [0.4, 0.5) is 0 Å². The van der Waals surface area contributed by atoms with Crippen molar-refractivity contribution in [2.24, 2.45) is 0 Å². The highest BCUT2D eigenvalue weighted by molar-refractivity contribution is 6.22. The molecule has 0 aromatic heterocycles. The van der Waals surface area contributed by atoms with E-state index in [-0.39, 0.29) is 17.3 Å². The Hall–Kier alpha value is -1.02. The quantitative estimate of drug-likeness (QED) is 0.647. The summed E-state index contributed by atoms with van der Waals surface area (Å²) in [7, 11) is 0. The molecule has 1 aliphatic heterocycles. The number of hydrogen-bond acceptors (Lipinski definition) is 1. The predicted molar refractivity (Wildman–Crippen MR) is 54.7 cm³/mol. The van der Waals surface area contributed by atoms with Crippen molar-refractivity contribution in [3.8, 4) is 0 Å². The predicted octanol–water partition coefficient (Wildman–Crippen LogP) is 1.89. The number of nitrogens with one attached hydrogen (secondary N) is 1. The van der Waals surface area contributed by atoms with Gasteiger partial charge in [-0.3, -0.25) is 4.79 Å². The summed E-state index contributed by atoms with van der Waals surface area (Å²) >= 11 is 6.15. The number of alkyl halides is 1. The fourth-order valence-corrected chi connectivity index (χ4v) is 2.90. The van der Waals surface area contributed by atoms with Gasteiger partial charge in [0.25, 0.3) is 5.91 Å². The fraction of sp³-hybridized carbons (Fsp3) is 0.364. The summed E-state index contributed by atoms with van der Waals surface area (Å²) in [6.45, 7) is 0. The monoisotopic (exact) mass is 207 g/mol. The lowest BCUT2D eigenvalue weighted by molar-refractivity contribution is 0.0881. The van der Waals surface area contributed by atoms with E-state index in [0.717, 1.165) is 17.5 Å². The molecule has 72 valence electrons. The molecule has 0 radical (unpaired) electrons. The van der Waals surface area contributed by atoms with E-state index in [4.69, 9.17) is 11.6 Å². The highest BCUT2D eigenvalue weighted by Crippen LogP contribution is 2.44. The van der Waals surface area contributed by atoms with Crippen LogP contribution in [0.15, 0.2) is 24.3 Å². The molecule has 0 bridgehead atoms. The lowest BCUT2D eigenvalue weighted by Gasteiger charge is -2.45. The van der Waals surface area contributed by atoms with Crippen molar-refractivity contribution in [3.05, 3.63) is 35.4 Å². The molecule has 1 aromatic rings. The van der Waals surface area contributed by atoms with Crippen LogP contribution in [0.25, 0.3) is 0 Å². The van der Waals surface area contributed by atoms with Gasteiger partial charge < -0.3 is 5.32 Å². The minimum atomic E-state index is 0.0467. The van der Waals surface area contributed by atoms with Gasteiger partial charge in [-0.25, -0.2) is 0 Å². The molecule has 1 amide bonds. The highest BCUT2D eigenvalue weighted by Gasteiger charge is 2.46. The van der Waals surface area contributed by atoms with Crippen molar-refractivity contribution in [3.63, 3.8) is 0 Å². The first kappa shape index (κ1) is 8.30. The van der Waals surface area contributed by atoms with E-state index in [1.807, 2.05) is 24.3 Å². The lowest BCUT2D eigenvalue weighted by Crippen LogP contribution is -2.55. The van der Waals surface area contributed by atoms with Gasteiger partial charge in [0.2, 0.25) is 0 Å². The van der Waals surface area contributed by atoms with E-state index in [1.54, 1.807) is 0 Å². The second kappa shape index (κ2) is 2.74. The van der Waals surface area contributed by atoms with E-state index in [1.165, 1.54) is 0 Å². The van der Waals surface area contributed by atoms with Crippen LogP contribution in [0.1, 0.15) is 28.3 Å². The summed E-state index contributed by atoms with van der Waals surface area (Å²) in [6.07, 6.45) is 0.895. The molecule has 0 saturated heterocycles. The average Bonchev–Trinajstić information content (AvgIpc) is 2.16. The molecule has 2 nitrogen and oxygen atoms in total. The number of rotatable bonds is 0. The largest absolute Gasteiger partial charge is 0.349 e. The van der Waals surface area contributed by atoms with Crippen molar-refractivity contribution in [1.29, 1.82) is 0 Å². The van der Waals surface area contributed by atoms with Crippen molar-refractivity contribution < 1.29 is 4.79 Å². The molecule has 1 heterocycles. The number of amides is 1. The summed E-state index contributed by atoms with van der Waals surface area (Å²) in [6, 6.07) is 8.00. The maximum Gasteiger partial charge on any atom is 0.251 e. The Bertz CT molecular complexity index is 404. The van der Waals surface area contributed by atoms with Gasteiger partial charge in [0.05, 0.1) is 0 Å². The molecule has 0 unspecified atom stereocenters. The minimum Gasteiger partial charge on any atom is -0.349 e. The second-order valence-corrected chi connectivity index (χ2v) is 4.51. The van der Waals surface area contributed by atoms with Crippen LogP contribution >= 0.6 is 11.6 Å². The van der Waals surface area contributed by atoms with Gasteiger partial charge in [-0.1, -0.05) is 18.2 Å². The van der Waals surface area contributed by atoms with Crippen molar-refractivity contribution >= 4 is 17.5 Å². The molecule has 1 aliphatic carbocycles. The van der Waals surface area contributed by atoms with Crippen molar-refractivity contribution in [2.45, 2.75) is 23.8 Å². The Morgan fingerprint density at radius 1 is 1.36 bits per heavy atom. The van der Waals surface area contributed by atoms with Gasteiger partial charge in [-0.15, -0.1) is 11.6 Å². The third-order valence-corrected chi connectivity index (χ3v) is 3.63. The maximum absolute atomic E-state index is 11.6. The van der Waals surface area contributed by atoms with Gasteiger partial charge in [0.1, 0.15) is 0 Å². The molecule has 1 N–H and O–H groups in total. The summed E-state index contributed by atoms with van der Waals surface area (Å²) in [5.74, 6) is 0.371. The van der Waals surface area contributed by atoms with Crippen LogP contribution < -0.4 is 5.32 Å². The Morgan fingerprint density at radius 3 is 2.93 bits per heavy atom. The number of halogens is 1. The third kappa shape index (κ3) is 0.947. The number of benzene rings is 1. The van der Waals surface area contributed by atoms with Gasteiger partial charge in [0, 0.05) is 22.9 Å². The van der Waals surface area contributed by atoms with Gasteiger partial charge in [-0.2, -0.15) is 0 Å².